The highest BCUT2D eigenvalue weighted by Gasteiger charge is 2.18. The van der Waals surface area contributed by atoms with Gasteiger partial charge in [0.1, 0.15) is 16.0 Å². The van der Waals surface area contributed by atoms with E-state index in [9.17, 15) is 4.79 Å². The van der Waals surface area contributed by atoms with Gasteiger partial charge < -0.3 is 4.90 Å². The number of aromatic nitrogens is 4. The quantitative estimate of drug-likeness (QED) is 0.557. The van der Waals surface area contributed by atoms with E-state index < -0.39 is 0 Å². The first kappa shape index (κ1) is 17.8. The Morgan fingerprint density at radius 2 is 1.90 bits per heavy atom. The normalized spacial score (nSPS) is 13.9. The fourth-order valence-corrected chi connectivity index (χ4v) is 4.54. The van der Waals surface area contributed by atoms with Crippen molar-refractivity contribution in [1.29, 1.82) is 0 Å². The van der Waals surface area contributed by atoms with Gasteiger partial charge in [0.05, 0.1) is 5.69 Å². The number of fused-ring (bicyclic) bond motifs is 1. The lowest BCUT2D eigenvalue weighted by Gasteiger charge is -2.21. The van der Waals surface area contributed by atoms with Crippen molar-refractivity contribution >= 4 is 38.4 Å². The SMILES string of the molecule is Cn1nccc1C(=O)Nc1nc2ccc(-c3ccccc3N3CCCC3)nc2s1. The molecule has 1 aromatic carbocycles. The molecule has 7 nitrogen and oxygen atoms in total. The summed E-state index contributed by atoms with van der Waals surface area (Å²) in [6, 6.07) is 14.1. The number of thiazole rings is 1. The smallest absolute Gasteiger partial charge is 0.275 e. The Labute approximate surface area is 172 Å². The molecule has 5 rings (SSSR count). The van der Waals surface area contributed by atoms with Gasteiger partial charge in [0.15, 0.2) is 5.13 Å². The van der Waals surface area contributed by atoms with E-state index in [1.54, 1.807) is 19.3 Å². The highest BCUT2D eigenvalue weighted by Crippen LogP contribution is 2.34. The van der Waals surface area contributed by atoms with Crippen molar-refractivity contribution in [3.8, 4) is 11.3 Å². The Balaban J connectivity index is 1.46. The minimum atomic E-state index is -0.233. The van der Waals surface area contributed by atoms with Crippen LogP contribution >= 0.6 is 11.3 Å². The van der Waals surface area contributed by atoms with Crippen molar-refractivity contribution in [2.75, 3.05) is 23.3 Å². The molecule has 146 valence electrons. The van der Waals surface area contributed by atoms with Crippen LogP contribution < -0.4 is 10.2 Å². The summed E-state index contributed by atoms with van der Waals surface area (Å²) in [5.41, 5.74) is 4.54. The molecule has 1 aliphatic rings. The second kappa shape index (κ2) is 7.29. The summed E-state index contributed by atoms with van der Waals surface area (Å²) in [5, 5.41) is 7.41. The van der Waals surface area contributed by atoms with Gasteiger partial charge in [-0.3, -0.25) is 14.8 Å². The third-order valence-electron chi connectivity index (χ3n) is 5.16. The third-order valence-corrected chi connectivity index (χ3v) is 6.04. The van der Waals surface area contributed by atoms with E-state index in [1.165, 1.54) is 34.5 Å². The van der Waals surface area contributed by atoms with E-state index in [4.69, 9.17) is 4.98 Å². The molecule has 0 spiro atoms. The molecule has 0 radical (unpaired) electrons. The maximum absolute atomic E-state index is 12.4. The lowest BCUT2D eigenvalue weighted by atomic mass is 10.1. The van der Waals surface area contributed by atoms with Crippen molar-refractivity contribution in [3.63, 3.8) is 0 Å². The summed E-state index contributed by atoms with van der Waals surface area (Å²) >= 11 is 1.38. The molecule has 1 fully saturated rings. The number of carbonyl (C=O) groups is 1. The minimum Gasteiger partial charge on any atom is -0.371 e. The average Bonchev–Trinajstić information content (AvgIpc) is 3.47. The van der Waals surface area contributed by atoms with E-state index >= 15 is 0 Å². The van der Waals surface area contributed by atoms with E-state index in [2.05, 4.69) is 38.5 Å². The highest BCUT2D eigenvalue weighted by molar-refractivity contribution is 7.22. The molecule has 1 aliphatic heterocycles. The molecule has 1 N–H and O–H groups in total. The van der Waals surface area contributed by atoms with E-state index in [-0.39, 0.29) is 5.91 Å². The first-order chi connectivity index (χ1) is 14.2. The zero-order chi connectivity index (χ0) is 19.8. The molecule has 4 heterocycles. The number of nitrogens with one attached hydrogen (secondary N) is 1. The molecule has 3 aromatic heterocycles. The van der Waals surface area contributed by atoms with Gasteiger partial charge in [0.2, 0.25) is 0 Å². The van der Waals surface area contributed by atoms with Crippen LogP contribution in [0, 0.1) is 0 Å². The number of amides is 1. The van der Waals surface area contributed by atoms with E-state index in [0.29, 0.717) is 10.8 Å². The first-order valence-electron chi connectivity index (χ1n) is 9.60. The fraction of sp³-hybridized carbons (Fsp3) is 0.238. The van der Waals surface area contributed by atoms with Crippen molar-refractivity contribution in [1.82, 2.24) is 19.7 Å². The number of carbonyl (C=O) groups excluding carboxylic acids is 1. The molecule has 1 saturated heterocycles. The predicted molar refractivity (Wildman–Crippen MR) is 115 cm³/mol. The van der Waals surface area contributed by atoms with Gasteiger partial charge in [-0.15, -0.1) is 0 Å². The molecule has 1 amide bonds. The van der Waals surface area contributed by atoms with Gasteiger partial charge in [-0.05, 0) is 37.1 Å². The summed E-state index contributed by atoms with van der Waals surface area (Å²) in [5.74, 6) is -0.233. The standard InChI is InChI=1S/C21H20N6OS/c1-26-18(10-11-22-26)19(28)25-21-24-16-9-8-15(23-20(16)29-21)14-6-2-3-7-17(14)27-12-4-5-13-27/h2-3,6-11H,4-5,12-13H2,1H3,(H,24,25,28). The van der Waals surface area contributed by atoms with Gasteiger partial charge in [-0.2, -0.15) is 5.10 Å². The van der Waals surface area contributed by atoms with Crippen LogP contribution in [0.3, 0.4) is 0 Å². The Hall–Kier alpha value is -3.26. The number of pyridine rings is 1. The largest absolute Gasteiger partial charge is 0.371 e. The van der Waals surface area contributed by atoms with Crippen LogP contribution in [0.1, 0.15) is 23.3 Å². The Kier molecular flexibility index (Phi) is 4.48. The minimum absolute atomic E-state index is 0.233. The molecule has 0 saturated carbocycles. The third kappa shape index (κ3) is 3.36. The number of hydrogen-bond donors (Lipinski definition) is 1. The Morgan fingerprint density at radius 3 is 2.69 bits per heavy atom. The summed E-state index contributed by atoms with van der Waals surface area (Å²) in [7, 11) is 1.74. The summed E-state index contributed by atoms with van der Waals surface area (Å²) < 4.78 is 1.54. The molecule has 0 aliphatic carbocycles. The van der Waals surface area contributed by atoms with Crippen LogP contribution in [-0.2, 0) is 7.05 Å². The zero-order valence-corrected chi connectivity index (χ0v) is 16.8. The molecule has 0 bridgehead atoms. The number of benzene rings is 1. The second-order valence-electron chi connectivity index (χ2n) is 7.05. The molecule has 0 unspecified atom stereocenters. The second-order valence-corrected chi connectivity index (χ2v) is 8.02. The Morgan fingerprint density at radius 1 is 1.07 bits per heavy atom. The number of para-hydroxylation sites is 1. The van der Waals surface area contributed by atoms with Gasteiger partial charge in [0.25, 0.3) is 5.91 Å². The number of nitrogens with zero attached hydrogens (tertiary/aromatic N) is 5. The van der Waals surface area contributed by atoms with Gasteiger partial charge >= 0.3 is 0 Å². The number of aryl methyl sites for hydroxylation is 1. The first-order valence-corrected chi connectivity index (χ1v) is 10.4. The van der Waals surface area contributed by atoms with Crippen LogP contribution in [-0.4, -0.2) is 38.7 Å². The number of rotatable bonds is 4. The maximum atomic E-state index is 12.4. The summed E-state index contributed by atoms with van der Waals surface area (Å²) in [6.07, 6.45) is 4.06. The van der Waals surface area contributed by atoms with Crippen molar-refractivity contribution in [3.05, 3.63) is 54.4 Å². The number of hydrogen-bond acceptors (Lipinski definition) is 6. The van der Waals surface area contributed by atoms with Crippen molar-refractivity contribution in [2.24, 2.45) is 7.05 Å². The van der Waals surface area contributed by atoms with E-state index in [0.717, 1.165) is 34.7 Å². The Bertz CT molecular complexity index is 1190. The lowest BCUT2D eigenvalue weighted by molar-refractivity contribution is 0.101. The van der Waals surface area contributed by atoms with Crippen LogP contribution in [0.5, 0.6) is 0 Å². The summed E-state index contributed by atoms with van der Waals surface area (Å²) in [4.78, 5) is 25.0. The average molecular weight is 404 g/mol. The molecular weight excluding hydrogens is 384 g/mol. The van der Waals surface area contributed by atoms with Gasteiger partial charge in [-0.1, -0.05) is 29.5 Å². The molecule has 4 aromatic rings. The van der Waals surface area contributed by atoms with Crippen LogP contribution in [0.25, 0.3) is 21.6 Å². The topological polar surface area (TPSA) is 75.9 Å². The molecule has 0 atom stereocenters. The molecular formula is C21H20N6OS. The molecule has 8 heteroatoms. The lowest BCUT2D eigenvalue weighted by Crippen LogP contribution is -2.18. The number of anilines is 2. The van der Waals surface area contributed by atoms with Crippen LogP contribution in [0.4, 0.5) is 10.8 Å². The summed E-state index contributed by atoms with van der Waals surface area (Å²) in [6.45, 7) is 2.17. The van der Waals surface area contributed by atoms with Crippen LogP contribution in [0.2, 0.25) is 0 Å². The maximum Gasteiger partial charge on any atom is 0.275 e. The monoisotopic (exact) mass is 404 g/mol. The zero-order valence-electron chi connectivity index (χ0n) is 16.0. The fourth-order valence-electron chi connectivity index (χ4n) is 3.70. The molecule has 29 heavy (non-hydrogen) atoms. The van der Waals surface area contributed by atoms with Crippen molar-refractivity contribution in [2.45, 2.75) is 12.8 Å². The predicted octanol–water partition coefficient (Wildman–Crippen LogP) is 3.94. The van der Waals surface area contributed by atoms with Gasteiger partial charge in [0, 0.05) is 37.6 Å². The highest BCUT2D eigenvalue weighted by atomic mass is 32.1. The van der Waals surface area contributed by atoms with E-state index in [1.807, 2.05) is 18.2 Å². The van der Waals surface area contributed by atoms with Gasteiger partial charge in [-0.25, -0.2) is 9.97 Å². The van der Waals surface area contributed by atoms with Crippen LogP contribution in [0.15, 0.2) is 48.7 Å². The van der Waals surface area contributed by atoms with Crippen molar-refractivity contribution < 1.29 is 4.79 Å².